The molecule has 1 unspecified atom stereocenters. The molecule has 1 spiro atoms. The second kappa shape index (κ2) is 6.45. The maximum absolute atomic E-state index is 5.51. The summed E-state index contributed by atoms with van der Waals surface area (Å²) in [4.78, 5) is 6.54. The Kier molecular flexibility index (Phi) is 5.53. The fraction of sp³-hybridized carbons (Fsp3) is 0.750. The molecule has 1 atom stereocenters. The molecule has 0 aromatic rings. The Hall–Kier alpha value is -0.480. The molecule has 2 rings (SSSR count). The molecule has 17 heavy (non-hydrogen) atoms. The van der Waals surface area contributed by atoms with Gasteiger partial charge in [0.1, 0.15) is 0 Å². The highest BCUT2D eigenvalue weighted by Gasteiger charge is 2.42. The molecule has 1 N–H and O–H groups in total. The van der Waals surface area contributed by atoms with E-state index >= 15 is 0 Å². The second-order valence-electron chi connectivity index (χ2n) is 4.58. The third-order valence-electron chi connectivity index (χ3n) is 3.48. The van der Waals surface area contributed by atoms with Crippen LogP contribution in [0.4, 0.5) is 0 Å². The zero-order valence-corrected chi connectivity index (χ0v) is 12.6. The topological polar surface area (TPSA) is 36.9 Å². The molecule has 0 radical (unpaired) electrons. The summed E-state index contributed by atoms with van der Waals surface area (Å²) in [6.45, 7) is 4.43. The normalized spacial score (nSPS) is 28.0. The highest BCUT2D eigenvalue weighted by Crippen LogP contribution is 2.37. The molecular weight excluding hydrogens is 329 g/mol. The minimum absolute atomic E-state index is 0. The van der Waals surface area contributed by atoms with Gasteiger partial charge in [0.15, 0.2) is 5.96 Å². The summed E-state index contributed by atoms with van der Waals surface area (Å²) in [7, 11) is 1.80. The van der Waals surface area contributed by atoms with E-state index in [0.29, 0.717) is 12.0 Å². The zero-order valence-electron chi connectivity index (χ0n) is 10.2. The third-order valence-corrected chi connectivity index (χ3v) is 3.48. The van der Waals surface area contributed by atoms with Crippen LogP contribution in [0.25, 0.3) is 0 Å². The van der Waals surface area contributed by atoms with Gasteiger partial charge in [0, 0.05) is 32.2 Å². The molecule has 0 aliphatic carbocycles. The Morgan fingerprint density at radius 2 is 2.41 bits per heavy atom. The van der Waals surface area contributed by atoms with Crippen LogP contribution >= 0.6 is 24.0 Å². The Bertz CT molecular complexity index is 318. The van der Waals surface area contributed by atoms with Crippen molar-refractivity contribution in [3.8, 4) is 12.3 Å². The molecule has 2 aliphatic rings. The van der Waals surface area contributed by atoms with Crippen molar-refractivity contribution in [1.82, 2.24) is 10.2 Å². The third kappa shape index (κ3) is 3.26. The first-order valence-corrected chi connectivity index (χ1v) is 5.76. The number of terminal acetylenes is 1. The number of aliphatic imine (C=N–C) groups is 1. The number of halogens is 1. The maximum atomic E-state index is 5.51. The van der Waals surface area contributed by atoms with E-state index < -0.39 is 0 Å². The van der Waals surface area contributed by atoms with Gasteiger partial charge in [-0.05, 0) is 12.8 Å². The molecule has 0 aromatic heterocycles. The van der Waals surface area contributed by atoms with Gasteiger partial charge in [-0.3, -0.25) is 4.99 Å². The Labute approximate surface area is 120 Å². The van der Waals surface area contributed by atoms with Crippen LogP contribution < -0.4 is 5.32 Å². The van der Waals surface area contributed by atoms with Crippen molar-refractivity contribution in [1.29, 1.82) is 0 Å². The van der Waals surface area contributed by atoms with Gasteiger partial charge in [0.2, 0.25) is 0 Å². The molecule has 2 saturated heterocycles. The van der Waals surface area contributed by atoms with E-state index in [1.54, 1.807) is 7.05 Å². The smallest absolute Gasteiger partial charge is 0.194 e. The van der Waals surface area contributed by atoms with Gasteiger partial charge >= 0.3 is 0 Å². The lowest BCUT2D eigenvalue weighted by molar-refractivity contribution is 0.156. The summed E-state index contributed by atoms with van der Waals surface area (Å²) in [5, 5.41) is 3.17. The molecule has 0 amide bonds. The molecular formula is C12H20IN3O. The van der Waals surface area contributed by atoms with Crippen LogP contribution in [0, 0.1) is 17.8 Å². The summed E-state index contributed by atoms with van der Waals surface area (Å²) in [6.07, 6.45) is 7.61. The van der Waals surface area contributed by atoms with Crippen molar-refractivity contribution in [2.75, 3.05) is 39.9 Å². The minimum atomic E-state index is 0. The highest BCUT2D eigenvalue weighted by molar-refractivity contribution is 14.0. The molecule has 0 saturated carbocycles. The Morgan fingerprint density at radius 3 is 3.00 bits per heavy atom. The molecule has 96 valence electrons. The monoisotopic (exact) mass is 349 g/mol. The van der Waals surface area contributed by atoms with E-state index in [1.165, 1.54) is 12.8 Å². The van der Waals surface area contributed by atoms with E-state index in [4.69, 9.17) is 11.2 Å². The van der Waals surface area contributed by atoms with Crippen LogP contribution in [-0.2, 0) is 4.74 Å². The van der Waals surface area contributed by atoms with Crippen LogP contribution in [0.15, 0.2) is 4.99 Å². The van der Waals surface area contributed by atoms with E-state index in [9.17, 15) is 0 Å². The molecule has 0 bridgehead atoms. The predicted octanol–water partition coefficient (Wildman–Crippen LogP) is 0.925. The number of nitrogens with zero attached hydrogens (tertiary/aromatic N) is 2. The number of nitrogens with one attached hydrogen (secondary N) is 1. The van der Waals surface area contributed by atoms with E-state index in [-0.39, 0.29) is 24.0 Å². The van der Waals surface area contributed by atoms with Crippen molar-refractivity contribution in [2.45, 2.75) is 12.8 Å². The van der Waals surface area contributed by atoms with Crippen LogP contribution in [0.1, 0.15) is 12.8 Å². The number of ether oxygens (including phenoxy) is 1. The lowest BCUT2D eigenvalue weighted by atomic mass is 9.87. The summed E-state index contributed by atoms with van der Waals surface area (Å²) < 4.78 is 5.51. The van der Waals surface area contributed by atoms with Crippen LogP contribution in [-0.4, -0.2) is 50.8 Å². The zero-order chi connectivity index (χ0) is 11.4. The molecule has 2 aliphatic heterocycles. The van der Waals surface area contributed by atoms with Crippen LogP contribution in [0.2, 0.25) is 0 Å². The van der Waals surface area contributed by atoms with Gasteiger partial charge < -0.3 is 15.0 Å². The fourth-order valence-electron chi connectivity index (χ4n) is 2.55. The summed E-state index contributed by atoms with van der Waals surface area (Å²) >= 11 is 0. The highest BCUT2D eigenvalue weighted by atomic mass is 127. The average molecular weight is 349 g/mol. The SMILES string of the molecule is C#CCNC(=NC)N1CCC2(CCOC2)C1.I. The molecule has 4 nitrogen and oxygen atoms in total. The van der Waals surface area contributed by atoms with Crippen molar-refractivity contribution in [2.24, 2.45) is 10.4 Å². The summed E-state index contributed by atoms with van der Waals surface area (Å²) in [6, 6.07) is 0. The van der Waals surface area contributed by atoms with Gasteiger partial charge in [-0.15, -0.1) is 30.4 Å². The van der Waals surface area contributed by atoms with Crippen LogP contribution in [0.3, 0.4) is 0 Å². The first-order valence-electron chi connectivity index (χ1n) is 5.76. The number of hydrogen-bond acceptors (Lipinski definition) is 2. The maximum Gasteiger partial charge on any atom is 0.194 e. The molecule has 2 heterocycles. The number of rotatable bonds is 1. The Morgan fingerprint density at radius 1 is 1.59 bits per heavy atom. The van der Waals surface area contributed by atoms with Gasteiger partial charge in [0.05, 0.1) is 13.2 Å². The number of hydrogen-bond donors (Lipinski definition) is 1. The minimum Gasteiger partial charge on any atom is -0.381 e. The second-order valence-corrected chi connectivity index (χ2v) is 4.58. The van der Waals surface area contributed by atoms with Crippen molar-refractivity contribution >= 4 is 29.9 Å². The molecule has 0 aromatic carbocycles. The summed E-state index contributed by atoms with van der Waals surface area (Å²) in [5.41, 5.74) is 0.369. The lowest BCUT2D eigenvalue weighted by Crippen LogP contribution is -2.41. The van der Waals surface area contributed by atoms with Gasteiger partial charge in [-0.1, -0.05) is 5.92 Å². The van der Waals surface area contributed by atoms with Gasteiger partial charge in [-0.2, -0.15) is 0 Å². The van der Waals surface area contributed by atoms with E-state index in [1.807, 2.05) is 0 Å². The quantitative estimate of drug-likeness (QED) is 0.331. The standard InChI is InChI=1S/C12H19N3O.HI/c1-3-6-14-11(13-2)15-7-4-12(9-15)5-8-16-10-12;/h1H,4-10H2,2H3,(H,13,14);1H. The van der Waals surface area contributed by atoms with Gasteiger partial charge in [-0.25, -0.2) is 0 Å². The first-order chi connectivity index (χ1) is 7.79. The van der Waals surface area contributed by atoms with E-state index in [2.05, 4.69) is 21.1 Å². The van der Waals surface area contributed by atoms with E-state index in [0.717, 1.165) is 32.3 Å². The van der Waals surface area contributed by atoms with Crippen LogP contribution in [0.5, 0.6) is 0 Å². The predicted molar refractivity (Wildman–Crippen MR) is 79.7 cm³/mol. The van der Waals surface area contributed by atoms with Crippen molar-refractivity contribution in [3.05, 3.63) is 0 Å². The summed E-state index contributed by atoms with van der Waals surface area (Å²) in [5.74, 6) is 3.49. The van der Waals surface area contributed by atoms with Crippen molar-refractivity contribution in [3.63, 3.8) is 0 Å². The molecule has 2 fully saturated rings. The Balaban J connectivity index is 0.00000144. The van der Waals surface area contributed by atoms with Crippen molar-refractivity contribution < 1.29 is 4.74 Å². The average Bonchev–Trinajstić information content (AvgIpc) is 2.92. The lowest BCUT2D eigenvalue weighted by Gasteiger charge is -2.24. The van der Waals surface area contributed by atoms with Gasteiger partial charge in [0.25, 0.3) is 0 Å². The number of likely N-dealkylation sites (tertiary alicyclic amines) is 1. The number of guanidine groups is 1. The fourth-order valence-corrected chi connectivity index (χ4v) is 2.55. The first kappa shape index (κ1) is 14.6. The molecule has 5 heteroatoms. The largest absolute Gasteiger partial charge is 0.381 e.